The van der Waals surface area contributed by atoms with Gasteiger partial charge in [-0.15, -0.1) is 23.2 Å². The van der Waals surface area contributed by atoms with Gasteiger partial charge in [0.2, 0.25) is 0 Å². The minimum absolute atomic E-state index is 0.0108. The summed E-state index contributed by atoms with van der Waals surface area (Å²) in [6, 6.07) is 5.47. The standard InChI is InChI=1S/C20H26Cl2O5.C5H7ClO3/c1-26-17-8-7-13(11-15(17)21)9-10-20(25,14-5-3-4-6-14)12-16(23)18(22)19(24)27-2;1-3(7)4(6)5(8)9-2/h7-8,11,14,18,25H,3-6,9-10,12H2,1-2H3;4H,1-2H3. The quantitative estimate of drug-likeness (QED) is 0.239. The van der Waals surface area contributed by atoms with Gasteiger partial charge in [-0.1, -0.05) is 30.5 Å². The summed E-state index contributed by atoms with van der Waals surface area (Å²) in [6.45, 7) is 1.23. The molecule has 1 fully saturated rings. The highest BCUT2D eigenvalue weighted by molar-refractivity contribution is 6.41. The Labute approximate surface area is 226 Å². The van der Waals surface area contributed by atoms with Crippen molar-refractivity contribution in [1.29, 1.82) is 0 Å². The lowest BCUT2D eigenvalue weighted by Crippen LogP contribution is -2.42. The van der Waals surface area contributed by atoms with Gasteiger partial charge in [-0.25, -0.2) is 9.59 Å². The number of methoxy groups -OCH3 is 3. The summed E-state index contributed by atoms with van der Waals surface area (Å²) in [6.07, 6.45) is 4.54. The Kier molecular flexibility index (Phi) is 13.8. The summed E-state index contributed by atoms with van der Waals surface area (Å²) >= 11 is 17.3. The van der Waals surface area contributed by atoms with Gasteiger partial charge in [-0.05, 0) is 56.2 Å². The van der Waals surface area contributed by atoms with Crippen molar-refractivity contribution in [3.63, 3.8) is 0 Å². The molecule has 3 unspecified atom stereocenters. The van der Waals surface area contributed by atoms with Crippen LogP contribution in [0, 0.1) is 5.92 Å². The molecule has 0 aromatic heterocycles. The molecule has 202 valence electrons. The van der Waals surface area contributed by atoms with E-state index in [0.29, 0.717) is 23.6 Å². The number of hydrogen-bond donors (Lipinski definition) is 1. The number of ketones is 2. The molecular weight excluding hydrogens is 535 g/mol. The number of carbonyl (C=O) groups is 4. The van der Waals surface area contributed by atoms with Crippen molar-refractivity contribution >= 4 is 58.3 Å². The van der Waals surface area contributed by atoms with Gasteiger partial charge in [-0.3, -0.25) is 9.59 Å². The van der Waals surface area contributed by atoms with Crippen LogP contribution in [0.4, 0.5) is 0 Å². The summed E-state index contributed by atoms with van der Waals surface area (Å²) < 4.78 is 13.9. The van der Waals surface area contributed by atoms with Gasteiger partial charge >= 0.3 is 11.9 Å². The number of hydrogen-bond acceptors (Lipinski definition) is 8. The number of aliphatic hydroxyl groups is 1. The van der Waals surface area contributed by atoms with Crippen molar-refractivity contribution in [1.82, 2.24) is 0 Å². The van der Waals surface area contributed by atoms with Crippen LogP contribution in [0.5, 0.6) is 5.75 Å². The van der Waals surface area contributed by atoms with Crippen molar-refractivity contribution < 1.29 is 38.5 Å². The minimum atomic E-state index is -1.39. The molecule has 1 aromatic carbocycles. The van der Waals surface area contributed by atoms with Crippen LogP contribution < -0.4 is 4.74 Å². The lowest BCUT2D eigenvalue weighted by atomic mass is 9.77. The highest BCUT2D eigenvalue weighted by Crippen LogP contribution is 2.40. The lowest BCUT2D eigenvalue weighted by molar-refractivity contribution is -0.145. The number of rotatable bonds is 11. The number of aryl methyl sites for hydroxylation is 1. The molecular formula is C25H33Cl3O8. The number of carbonyl (C=O) groups excluding carboxylic acids is 4. The Morgan fingerprint density at radius 1 is 1.03 bits per heavy atom. The summed E-state index contributed by atoms with van der Waals surface area (Å²) in [7, 11) is 3.91. The van der Waals surface area contributed by atoms with Crippen LogP contribution in [-0.2, 0) is 35.1 Å². The van der Waals surface area contributed by atoms with E-state index in [1.54, 1.807) is 19.2 Å². The van der Waals surface area contributed by atoms with E-state index in [1.807, 2.05) is 6.07 Å². The van der Waals surface area contributed by atoms with Gasteiger partial charge in [0.15, 0.2) is 22.3 Å². The first-order valence-corrected chi connectivity index (χ1v) is 12.7. The molecule has 0 spiro atoms. The second kappa shape index (κ2) is 15.4. The summed E-state index contributed by atoms with van der Waals surface area (Å²) in [5.74, 6) is -1.81. The molecule has 36 heavy (non-hydrogen) atoms. The molecule has 0 amide bonds. The fraction of sp³-hybridized carbons (Fsp3) is 0.600. The van der Waals surface area contributed by atoms with Crippen molar-refractivity contribution in [2.45, 2.75) is 68.2 Å². The van der Waals surface area contributed by atoms with Crippen LogP contribution in [0.15, 0.2) is 18.2 Å². The molecule has 2 rings (SSSR count). The minimum Gasteiger partial charge on any atom is -0.495 e. The van der Waals surface area contributed by atoms with E-state index in [0.717, 1.165) is 31.2 Å². The van der Waals surface area contributed by atoms with Gasteiger partial charge in [-0.2, -0.15) is 0 Å². The number of esters is 2. The molecule has 8 nitrogen and oxygen atoms in total. The molecule has 0 aliphatic heterocycles. The van der Waals surface area contributed by atoms with E-state index in [-0.39, 0.29) is 12.3 Å². The summed E-state index contributed by atoms with van der Waals surface area (Å²) in [5.41, 5.74) is -0.263. The van der Waals surface area contributed by atoms with Crippen molar-refractivity contribution in [2.75, 3.05) is 21.3 Å². The first-order valence-electron chi connectivity index (χ1n) is 11.4. The number of alkyl halides is 2. The maximum absolute atomic E-state index is 12.4. The third-order valence-electron chi connectivity index (χ3n) is 6.11. The molecule has 1 aliphatic rings. The first-order chi connectivity index (χ1) is 16.9. The van der Waals surface area contributed by atoms with Gasteiger partial charge in [0, 0.05) is 6.42 Å². The highest BCUT2D eigenvalue weighted by Gasteiger charge is 2.42. The van der Waals surface area contributed by atoms with Crippen LogP contribution in [0.25, 0.3) is 0 Å². The second-order valence-corrected chi connectivity index (χ2v) is 9.86. The number of benzene rings is 1. The van der Waals surface area contributed by atoms with E-state index in [4.69, 9.17) is 39.5 Å². The van der Waals surface area contributed by atoms with Gasteiger partial charge in [0.05, 0.1) is 32.0 Å². The topological polar surface area (TPSA) is 116 Å². The zero-order chi connectivity index (χ0) is 27.5. The Morgan fingerprint density at radius 3 is 2.03 bits per heavy atom. The zero-order valence-electron chi connectivity index (χ0n) is 20.9. The van der Waals surface area contributed by atoms with E-state index in [2.05, 4.69) is 9.47 Å². The fourth-order valence-corrected chi connectivity index (χ4v) is 4.56. The number of halogens is 3. The van der Waals surface area contributed by atoms with Crippen LogP contribution in [0.3, 0.4) is 0 Å². The maximum Gasteiger partial charge on any atom is 0.331 e. The second-order valence-electron chi connectivity index (χ2n) is 8.58. The third-order valence-corrected chi connectivity index (χ3v) is 7.32. The van der Waals surface area contributed by atoms with Crippen molar-refractivity contribution in [2.24, 2.45) is 5.92 Å². The molecule has 0 bridgehead atoms. The molecule has 0 heterocycles. The average molecular weight is 568 g/mol. The van der Waals surface area contributed by atoms with Gasteiger partial charge in [0.25, 0.3) is 0 Å². The Morgan fingerprint density at radius 2 is 1.58 bits per heavy atom. The lowest BCUT2D eigenvalue weighted by Gasteiger charge is -2.34. The highest BCUT2D eigenvalue weighted by atomic mass is 35.5. The molecule has 11 heteroatoms. The SMILES string of the molecule is COC(=O)C(Cl)C(=O)CC(O)(CCc1ccc(OC)c(Cl)c1)C1CCCC1.COC(=O)C(Cl)C(C)=O. The molecule has 0 radical (unpaired) electrons. The smallest absolute Gasteiger partial charge is 0.331 e. The Balaban J connectivity index is 0.000000613. The molecule has 1 N–H and O–H groups in total. The largest absolute Gasteiger partial charge is 0.495 e. The summed E-state index contributed by atoms with van der Waals surface area (Å²) in [5, 5.41) is 9.29. The molecule has 3 atom stereocenters. The number of ether oxygens (including phenoxy) is 3. The molecule has 0 saturated heterocycles. The van der Waals surface area contributed by atoms with E-state index in [9.17, 15) is 24.3 Å². The van der Waals surface area contributed by atoms with Crippen molar-refractivity contribution in [3.8, 4) is 5.75 Å². The third kappa shape index (κ3) is 9.54. The van der Waals surface area contributed by atoms with Crippen LogP contribution in [0.1, 0.15) is 51.0 Å². The van der Waals surface area contributed by atoms with E-state index >= 15 is 0 Å². The zero-order valence-corrected chi connectivity index (χ0v) is 23.1. The van der Waals surface area contributed by atoms with Gasteiger partial charge < -0.3 is 19.3 Å². The monoisotopic (exact) mass is 566 g/mol. The van der Waals surface area contributed by atoms with Crippen molar-refractivity contribution in [3.05, 3.63) is 28.8 Å². The Bertz CT molecular complexity index is 917. The predicted octanol–water partition coefficient (Wildman–Crippen LogP) is 4.30. The molecule has 1 saturated carbocycles. The van der Waals surface area contributed by atoms with Crippen LogP contribution in [0.2, 0.25) is 5.02 Å². The normalized spacial score (nSPS) is 16.6. The summed E-state index contributed by atoms with van der Waals surface area (Å²) in [4.78, 5) is 44.7. The van der Waals surface area contributed by atoms with E-state index in [1.165, 1.54) is 21.1 Å². The number of Topliss-reactive ketones (excluding diaryl/α,β-unsaturated/α-hetero) is 2. The van der Waals surface area contributed by atoms with Crippen LogP contribution in [-0.4, -0.2) is 66.3 Å². The predicted molar refractivity (Wildman–Crippen MR) is 137 cm³/mol. The Hall–Kier alpha value is -1.87. The van der Waals surface area contributed by atoms with Gasteiger partial charge in [0.1, 0.15) is 5.75 Å². The molecule has 1 aromatic rings. The average Bonchev–Trinajstić information content (AvgIpc) is 3.42. The van der Waals surface area contributed by atoms with Crippen LogP contribution >= 0.6 is 34.8 Å². The fourth-order valence-electron chi connectivity index (χ4n) is 4.02. The maximum atomic E-state index is 12.4. The van der Waals surface area contributed by atoms with E-state index < -0.39 is 39.9 Å². The molecule has 1 aliphatic carbocycles. The first kappa shape index (κ1) is 32.2.